The van der Waals surface area contributed by atoms with E-state index in [1.807, 2.05) is 45.6 Å². The van der Waals surface area contributed by atoms with Crippen LogP contribution in [0.15, 0.2) is 18.2 Å². The van der Waals surface area contributed by atoms with E-state index in [4.69, 9.17) is 4.74 Å². The van der Waals surface area contributed by atoms with Crippen molar-refractivity contribution in [3.8, 4) is 0 Å². The molecule has 1 fully saturated rings. The van der Waals surface area contributed by atoms with Crippen LogP contribution in [0.2, 0.25) is 0 Å². The minimum Gasteiger partial charge on any atom is -0.444 e. The van der Waals surface area contributed by atoms with Crippen molar-refractivity contribution < 1.29 is 18.7 Å². The smallest absolute Gasteiger partial charge is 0.410 e. The van der Waals surface area contributed by atoms with Gasteiger partial charge in [-0.25, -0.2) is 19.0 Å². The largest absolute Gasteiger partial charge is 0.444 e. The normalized spacial score (nSPS) is 17.5. The minimum absolute atomic E-state index is 0.147. The van der Waals surface area contributed by atoms with E-state index in [1.54, 1.807) is 11.0 Å². The summed E-state index contributed by atoms with van der Waals surface area (Å²) in [6.45, 7) is 12.8. The fourth-order valence-electron chi connectivity index (χ4n) is 5.04. The van der Waals surface area contributed by atoms with Crippen LogP contribution in [0, 0.1) is 5.82 Å². The number of nitrogens with zero attached hydrogens (tertiary/aromatic N) is 4. The number of halogens is 1. The highest BCUT2D eigenvalue weighted by atomic mass is 32.1. The van der Waals surface area contributed by atoms with Crippen LogP contribution >= 0.6 is 11.3 Å². The monoisotopic (exact) mass is 531 g/mol. The molecule has 202 valence electrons. The van der Waals surface area contributed by atoms with Gasteiger partial charge in [-0.05, 0) is 57.7 Å². The molecule has 1 aromatic carbocycles. The standard InChI is InChI=1S/C25H32FN5O3S.C2H6/c1-25(2,3)34-24(33)30-12-9-19-21(15-30)35-22(27-19)28-23(32)29-10-7-18(8-11-29)31-13-6-16-4-5-17(26)14-20(16)31;1-2/h4-5,14,18H,6-13,15H2,1-3H3,(H,27,28,32);1-2H3. The van der Waals surface area contributed by atoms with Gasteiger partial charge in [0, 0.05) is 49.2 Å². The maximum Gasteiger partial charge on any atom is 0.410 e. The predicted octanol–water partition coefficient (Wildman–Crippen LogP) is 5.66. The molecular formula is C27H38FN5O3S. The average Bonchev–Trinajstić information content (AvgIpc) is 3.47. The van der Waals surface area contributed by atoms with Gasteiger partial charge in [-0.2, -0.15) is 0 Å². The molecule has 3 amide bonds. The summed E-state index contributed by atoms with van der Waals surface area (Å²) in [6, 6.07) is 5.21. The van der Waals surface area contributed by atoms with Gasteiger partial charge in [-0.3, -0.25) is 5.32 Å². The van der Waals surface area contributed by atoms with Gasteiger partial charge in [0.25, 0.3) is 0 Å². The summed E-state index contributed by atoms with van der Waals surface area (Å²) in [7, 11) is 0. The molecule has 4 heterocycles. The number of likely N-dealkylation sites (tertiary alicyclic amines) is 1. The number of thiazole rings is 1. The summed E-state index contributed by atoms with van der Waals surface area (Å²) < 4.78 is 19.3. The van der Waals surface area contributed by atoms with Crippen LogP contribution in [-0.4, -0.2) is 64.7 Å². The lowest BCUT2D eigenvalue weighted by molar-refractivity contribution is 0.0225. The molecule has 1 saturated heterocycles. The first-order chi connectivity index (χ1) is 17.7. The third-order valence-electron chi connectivity index (χ3n) is 6.77. The number of ether oxygens (including phenoxy) is 1. The Balaban J connectivity index is 0.00000156. The molecule has 0 aliphatic carbocycles. The number of carbonyl (C=O) groups is 2. The Morgan fingerprint density at radius 1 is 1.08 bits per heavy atom. The molecule has 0 unspecified atom stereocenters. The fraction of sp³-hybridized carbons (Fsp3) is 0.593. The maximum absolute atomic E-state index is 13.8. The van der Waals surface area contributed by atoms with Crippen molar-refractivity contribution in [2.75, 3.05) is 36.4 Å². The zero-order valence-electron chi connectivity index (χ0n) is 22.5. The van der Waals surface area contributed by atoms with E-state index in [9.17, 15) is 14.0 Å². The molecule has 0 radical (unpaired) electrons. The summed E-state index contributed by atoms with van der Waals surface area (Å²) in [4.78, 5) is 36.7. The third-order valence-corrected chi connectivity index (χ3v) is 7.77. The van der Waals surface area contributed by atoms with E-state index in [0.717, 1.165) is 42.1 Å². The summed E-state index contributed by atoms with van der Waals surface area (Å²) in [5.41, 5.74) is 2.60. The van der Waals surface area contributed by atoms with E-state index in [-0.39, 0.29) is 17.9 Å². The third kappa shape index (κ3) is 6.34. The maximum atomic E-state index is 13.8. The molecule has 3 aliphatic rings. The van der Waals surface area contributed by atoms with Gasteiger partial charge < -0.3 is 19.4 Å². The number of anilines is 2. The topological polar surface area (TPSA) is 78.0 Å². The second-order valence-corrected chi connectivity index (χ2v) is 11.5. The van der Waals surface area contributed by atoms with Crippen LogP contribution < -0.4 is 10.2 Å². The molecule has 8 nitrogen and oxygen atoms in total. The number of fused-ring (bicyclic) bond motifs is 2. The molecule has 3 aliphatic heterocycles. The van der Waals surface area contributed by atoms with Gasteiger partial charge in [0.15, 0.2) is 5.13 Å². The number of urea groups is 1. The highest BCUT2D eigenvalue weighted by Gasteiger charge is 2.32. The molecule has 5 rings (SSSR count). The first-order valence-corrected chi connectivity index (χ1v) is 14.1. The fourth-order valence-corrected chi connectivity index (χ4v) is 6.05. The Morgan fingerprint density at radius 3 is 2.51 bits per heavy atom. The number of carbonyl (C=O) groups excluding carboxylic acids is 2. The molecule has 1 N–H and O–H groups in total. The van der Waals surface area contributed by atoms with Crippen molar-refractivity contribution >= 4 is 34.3 Å². The van der Waals surface area contributed by atoms with Crippen LogP contribution in [0.5, 0.6) is 0 Å². The van der Waals surface area contributed by atoms with Gasteiger partial charge in [0.1, 0.15) is 11.4 Å². The van der Waals surface area contributed by atoms with Crippen molar-refractivity contribution in [2.24, 2.45) is 0 Å². The quantitative estimate of drug-likeness (QED) is 0.541. The Bertz CT molecular complexity index is 1120. The predicted molar refractivity (Wildman–Crippen MR) is 145 cm³/mol. The Hall–Kier alpha value is -2.88. The van der Waals surface area contributed by atoms with Crippen LogP contribution in [0.3, 0.4) is 0 Å². The van der Waals surface area contributed by atoms with Crippen molar-refractivity contribution in [3.63, 3.8) is 0 Å². The lowest BCUT2D eigenvalue weighted by Crippen LogP contribution is -2.47. The minimum atomic E-state index is -0.536. The lowest BCUT2D eigenvalue weighted by Gasteiger charge is -2.38. The number of rotatable bonds is 2. The van der Waals surface area contributed by atoms with Gasteiger partial charge in [0.2, 0.25) is 0 Å². The first-order valence-electron chi connectivity index (χ1n) is 13.2. The Morgan fingerprint density at radius 2 is 1.81 bits per heavy atom. The number of benzene rings is 1. The Kier molecular flexibility index (Phi) is 8.26. The van der Waals surface area contributed by atoms with E-state index in [0.29, 0.717) is 43.8 Å². The van der Waals surface area contributed by atoms with Crippen LogP contribution in [0.1, 0.15) is 63.6 Å². The summed E-state index contributed by atoms with van der Waals surface area (Å²) in [5.74, 6) is -0.201. The number of hydrogen-bond acceptors (Lipinski definition) is 6. The summed E-state index contributed by atoms with van der Waals surface area (Å²) >= 11 is 1.42. The van der Waals surface area contributed by atoms with Gasteiger partial charge in [-0.1, -0.05) is 31.3 Å². The van der Waals surface area contributed by atoms with Crippen molar-refractivity contribution in [3.05, 3.63) is 40.2 Å². The highest BCUT2D eigenvalue weighted by molar-refractivity contribution is 7.15. The van der Waals surface area contributed by atoms with E-state index in [2.05, 4.69) is 15.2 Å². The molecule has 37 heavy (non-hydrogen) atoms. The molecule has 1 aromatic heterocycles. The molecule has 0 spiro atoms. The van der Waals surface area contributed by atoms with Gasteiger partial charge in [-0.15, -0.1) is 0 Å². The molecular weight excluding hydrogens is 493 g/mol. The first kappa shape index (κ1) is 27.2. The van der Waals surface area contributed by atoms with E-state index in [1.165, 1.54) is 23.0 Å². The lowest BCUT2D eigenvalue weighted by atomic mass is 10.0. The zero-order valence-corrected chi connectivity index (χ0v) is 23.3. The van der Waals surface area contributed by atoms with Crippen molar-refractivity contribution in [2.45, 2.75) is 78.5 Å². The van der Waals surface area contributed by atoms with E-state index < -0.39 is 5.60 Å². The van der Waals surface area contributed by atoms with Gasteiger partial charge >= 0.3 is 12.1 Å². The summed E-state index contributed by atoms with van der Waals surface area (Å²) in [6.07, 6.45) is 2.96. The summed E-state index contributed by atoms with van der Waals surface area (Å²) in [5, 5.41) is 3.52. The number of aromatic nitrogens is 1. The van der Waals surface area contributed by atoms with Crippen LogP contribution in [0.4, 0.5) is 24.8 Å². The molecule has 0 saturated carbocycles. The second kappa shape index (κ2) is 11.2. The SMILES string of the molecule is CC.CC(C)(C)OC(=O)N1CCc2nc(NC(=O)N3CCC(N4CCc5ccc(F)cc54)CC3)sc2C1. The highest BCUT2D eigenvalue weighted by Crippen LogP contribution is 2.34. The molecule has 0 atom stereocenters. The average molecular weight is 532 g/mol. The molecule has 0 bridgehead atoms. The zero-order chi connectivity index (χ0) is 26.7. The van der Waals surface area contributed by atoms with Gasteiger partial charge in [0.05, 0.1) is 12.2 Å². The Labute approximate surface area is 222 Å². The number of nitrogens with one attached hydrogen (secondary N) is 1. The second-order valence-electron chi connectivity index (χ2n) is 10.4. The number of piperidine rings is 1. The molecule has 10 heteroatoms. The number of amides is 3. The molecule has 2 aromatic rings. The van der Waals surface area contributed by atoms with Crippen LogP contribution in [-0.2, 0) is 24.1 Å². The van der Waals surface area contributed by atoms with Crippen molar-refractivity contribution in [1.29, 1.82) is 0 Å². The van der Waals surface area contributed by atoms with Crippen LogP contribution in [0.25, 0.3) is 0 Å². The van der Waals surface area contributed by atoms with Crippen molar-refractivity contribution in [1.82, 2.24) is 14.8 Å². The number of hydrogen-bond donors (Lipinski definition) is 1. The van der Waals surface area contributed by atoms with E-state index >= 15 is 0 Å².